The van der Waals surface area contributed by atoms with Gasteiger partial charge in [0.15, 0.2) is 0 Å². The smallest absolute Gasteiger partial charge is 0.305 e. The Morgan fingerprint density at radius 1 is 1.17 bits per heavy atom. The average Bonchev–Trinajstić information content (AvgIpc) is 3.06. The molecule has 0 aliphatic heterocycles. The Labute approximate surface area is 184 Å². The van der Waals surface area contributed by atoms with E-state index in [1.54, 1.807) is 0 Å². The molecule has 10 atom stereocenters. The van der Waals surface area contributed by atoms with Crippen LogP contribution in [0.25, 0.3) is 0 Å². The number of Topliss-reactive ketones (excluding diaryl/α,β-unsaturated/α-hetero) is 1. The molecule has 3 heteroatoms. The number of hydrogen-bond donors (Lipinski definition) is 0. The summed E-state index contributed by atoms with van der Waals surface area (Å²) in [5.41, 5.74) is 0.758. The van der Waals surface area contributed by atoms with Crippen molar-refractivity contribution >= 4 is 11.8 Å². The van der Waals surface area contributed by atoms with Gasteiger partial charge in [0, 0.05) is 19.3 Å². The molecule has 0 N–H and O–H groups in total. The summed E-state index contributed by atoms with van der Waals surface area (Å²) in [7, 11) is 1.50. The minimum Gasteiger partial charge on any atom is -0.469 e. The summed E-state index contributed by atoms with van der Waals surface area (Å²) >= 11 is 0. The van der Waals surface area contributed by atoms with Gasteiger partial charge in [-0.25, -0.2) is 0 Å². The van der Waals surface area contributed by atoms with Gasteiger partial charge >= 0.3 is 5.97 Å². The van der Waals surface area contributed by atoms with E-state index in [0.717, 1.165) is 55.3 Å². The van der Waals surface area contributed by atoms with Crippen molar-refractivity contribution in [3.8, 4) is 0 Å². The second-order valence-electron chi connectivity index (χ2n) is 12.2. The van der Waals surface area contributed by atoms with Gasteiger partial charge in [0.25, 0.3) is 0 Å². The highest BCUT2D eigenvalue weighted by Gasteiger charge is 2.64. The average molecular weight is 417 g/mol. The molecule has 0 aromatic rings. The lowest BCUT2D eigenvalue weighted by molar-refractivity contribution is -0.164. The van der Waals surface area contributed by atoms with Crippen LogP contribution in [-0.4, -0.2) is 18.9 Å². The maximum absolute atomic E-state index is 12.2. The molecule has 0 amide bonds. The van der Waals surface area contributed by atoms with Crippen LogP contribution in [0, 0.1) is 58.2 Å². The van der Waals surface area contributed by atoms with Crippen LogP contribution < -0.4 is 0 Å². The van der Waals surface area contributed by atoms with Crippen LogP contribution in [0.5, 0.6) is 0 Å². The van der Waals surface area contributed by atoms with Crippen molar-refractivity contribution in [3.63, 3.8) is 0 Å². The number of esters is 1. The predicted octanol–water partition coefficient (Wildman–Crippen LogP) is 6.30. The molecule has 170 valence electrons. The maximum Gasteiger partial charge on any atom is 0.305 e. The van der Waals surface area contributed by atoms with Crippen LogP contribution in [0.3, 0.4) is 0 Å². The van der Waals surface area contributed by atoms with E-state index in [-0.39, 0.29) is 5.97 Å². The van der Waals surface area contributed by atoms with E-state index in [2.05, 4.69) is 34.6 Å². The largest absolute Gasteiger partial charge is 0.469 e. The molecular formula is C27H44O3. The lowest BCUT2D eigenvalue weighted by atomic mass is 9.40. The van der Waals surface area contributed by atoms with Crippen molar-refractivity contribution in [1.82, 2.24) is 0 Å². The van der Waals surface area contributed by atoms with Crippen molar-refractivity contribution in [2.24, 2.45) is 58.2 Å². The topological polar surface area (TPSA) is 43.4 Å². The van der Waals surface area contributed by atoms with E-state index in [1.165, 1.54) is 32.8 Å². The number of ketones is 1. The van der Waals surface area contributed by atoms with E-state index in [9.17, 15) is 9.59 Å². The van der Waals surface area contributed by atoms with Gasteiger partial charge in [-0.3, -0.25) is 9.59 Å². The molecule has 0 aromatic heterocycles. The minimum absolute atomic E-state index is 0.0648. The molecule has 3 nitrogen and oxygen atoms in total. The number of rotatable bonds is 4. The normalized spacial score (nSPS) is 49.0. The van der Waals surface area contributed by atoms with Gasteiger partial charge in [-0.2, -0.15) is 0 Å². The van der Waals surface area contributed by atoms with Crippen LogP contribution in [0.15, 0.2) is 0 Å². The Kier molecular flexibility index (Phi) is 5.90. The lowest BCUT2D eigenvalue weighted by Gasteiger charge is -2.64. The van der Waals surface area contributed by atoms with E-state index >= 15 is 0 Å². The monoisotopic (exact) mass is 416 g/mol. The van der Waals surface area contributed by atoms with Crippen molar-refractivity contribution in [2.75, 3.05) is 7.11 Å². The first-order valence-corrected chi connectivity index (χ1v) is 12.7. The molecule has 4 aliphatic rings. The van der Waals surface area contributed by atoms with Crippen LogP contribution in [-0.2, 0) is 14.3 Å². The summed E-state index contributed by atoms with van der Waals surface area (Å²) in [5.74, 6) is 6.22. The number of fused-ring (bicyclic) bond motifs is 5. The van der Waals surface area contributed by atoms with Gasteiger partial charge in [0.2, 0.25) is 0 Å². The summed E-state index contributed by atoms with van der Waals surface area (Å²) in [4.78, 5) is 24.0. The molecule has 0 aromatic carbocycles. The SMILES string of the molecule is COC(=O)CC[C@@H](C)C1CCC2C3C(C)C[C@@H]4CC(=O)CC[C@]4(C)C3CC(C)[C@@]21C. The highest BCUT2D eigenvalue weighted by molar-refractivity contribution is 5.79. The third-order valence-electron chi connectivity index (χ3n) is 11.2. The van der Waals surface area contributed by atoms with E-state index in [4.69, 9.17) is 4.74 Å². The van der Waals surface area contributed by atoms with Crippen LogP contribution in [0.2, 0.25) is 0 Å². The zero-order valence-corrected chi connectivity index (χ0v) is 20.2. The minimum atomic E-state index is -0.0648. The first kappa shape index (κ1) is 22.3. The Morgan fingerprint density at radius 3 is 2.60 bits per heavy atom. The molecule has 30 heavy (non-hydrogen) atoms. The Balaban J connectivity index is 1.58. The van der Waals surface area contributed by atoms with Crippen LogP contribution in [0.4, 0.5) is 0 Å². The Morgan fingerprint density at radius 2 is 1.90 bits per heavy atom. The van der Waals surface area contributed by atoms with Gasteiger partial charge in [0.05, 0.1) is 7.11 Å². The molecule has 4 rings (SSSR count). The molecule has 4 saturated carbocycles. The summed E-state index contributed by atoms with van der Waals surface area (Å²) in [6, 6.07) is 0. The highest BCUT2D eigenvalue weighted by atomic mass is 16.5. The Hall–Kier alpha value is -0.860. The van der Waals surface area contributed by atoms with Gasteiger partial charge in [0.1, 0.15) is 5.78 Å². The molecule has 0 radical (unpaired) electrons. The number of methoxy groups -OCH3 is 1. The van der Waals surface area contributed by atoms with Gasteiger partial charge in [-0.15, -0.1) is 0 Å². The number of ether oxygens (including phenoxy) is 1. The first-order valence-electron chi connectivity index (χ1n) is 12.7. The third-order valence-corrected chi connectivity index (χ3v) is 11.2. The standard InChI is InChI=1S/C27H44O3/c1-16(7-10-24(29)30-6)21-8-9-22-25-17(2)13-19-15-20(28)11-12-26(19,4)23(25)14-18(3)27(21,22)5/h16-19,21-23,25H,7-15H2,1-6H3/t16-,17?,18?,19-,21?,22?,23?,25?,26+,27-/m1/s1. The van der Waals surface area contributed by atoms with Crippen LogP contribution >= 0.6 is 0 Å². The molecule has 0 saturated heterocycles. The molecule has 0 spiro atoms. The zero-order valence-electron chi connectivity index (χ0n) is 20.2. The number of carbonyl (C=O) groups excluding carboxylic acids is 2. The van der Waals surface area contributed by atoms with Crippen LogP contribution in [0.1, 0.15) is 92.4 Å². The third kappa shape index (κ3) is 3.28. The predicted molar refractivity (Wildman–Crippen MR) is 120 cm³/mol. The van der Waals surface area contributed by atoms with Crippen molar-refractivity contribution in [2.45, 2.75) is 92.4 Å². The number of hydrogen-bond acceptors (Lipinski definition) is 3. The quantitative estimate of drug-likeness (QED) is 0.505. The molecular weight excluding hydrogens is 372 g/mol. The van der Waals surface area contributed by atoms with Gasteiger partial charge in [-0.05, 0) is 96.7 Å². The van der Waals surface area contributed by atoms with Gasteiger partial charge < -0.3 is 4.74 Å². The van der Waals surface area contributed by atoms with E-state index < -0.39 is 0 Å². The fourth-order valence-electron chi connectivity index (χ4n) is 9.38. The molecule has 4 aliphatic carbocycles. The zero-order chi connectivity index (χ0) is 21.8. The Bertz CT molecular complexity index is 686. The highest BCUT2D eigenvalue weighted by Crippen LogP contribution is 2.70. The van der Waals surface area contributed by atoms with Crippen molar-refractivity contribution in [3.05, 3.63) is 0 Å². The number of carbonyl (C=O) groups is 2. The fraction of sp³-hybridized carbons (Fsp3) is 0.926. The molecule has 0 bridgehead atoms. The van der Waals surface area contributed by atoms with Gasteiger partial charge in [-0.1, -0.05) is 34.6 Å². The first-order chi connectivity index (χ1) is 14.1. The van der Waals surface area contributed by atoms with E-state index in [0.29, 0.717) is 40.8 Å². The fourth-order valence-corrected chi connectivity index (χ4v) is 9.38. The maximum atomic E-state index is 12.2. The molecule has 4 fully saturated rings. The summed E-state index contributed by atoms with van der Waals surface area (Å²) in [5, 5.41) is 0. The summed E-state index contributed by atoms with van der Waals surface area (Å²) in [6.45, 7) is 12.6. The molecule has 6 unspecified atom stereocenters. The van der Waals surface area contributed by atoms with Crippen molar-refractivity contribution < 1.29 is 14.3 Å². The molecule has 0 heterocycles. The summed E-state index contributed by atoms with van der Waals surface area (Å²) in [6.07, 6.45) is 9.57. The lowest BCUT2D eigenvalue weighted by Crippen LogP contribution is -2.58. The summed E-state index contributed by atoms with van der Waals surface area (Å²) < 4.78 is 4.91. The second kappa shape index (κ2) is 7.93. The van der Waals surface area contributed by atoms with Crippen molar-refractivity contribution in [1.29, 1.82) is 0 Å². The second-order valence-corrected chi connectivity index (χ2v) is 12.2. The van der Waals surface area contributed by atoms with E-state index in [1.807, 2.05) is 0 Å².